The number of nitrogens with zero attached hydrogens (tertiary/aromatic N) is 1. The average Bonchev–Trinajstić information content (AvgIpc) is 2.20. The second kappa shape index (κ2) is 4.86. The molecule has 1 N–H and O–H groups in total. The number of aromatic nitrogens is 1. The van der Waals surface area contributed by atoms with E-state index >= 15 is 0 Å². The average molecular weight is 192 g/mol. The van der Waals surface area contributed by atoms with E-state index in [1.165, 1.54) is 0 Å². The molecular weight excluding hydrogens is 176 g/mol. The summed E-state index contributed by atoms with van der Waals surface area (Å²) in [5.74, 6) is 0.230. The Morgan fingerprint density at radius 3 is 2.64 bits per heavy atom. The number of carbonyl (C=O) groups is 1. The second-order valence-electron chi connectivity index (χ2n) is 3.57. The maximum Gasteiger partial charge on any atom is 0.156 e. The zero-order valence-corrected chi connectivity index (χ0v) is 8.82. The fourth-order valence-corrected chi connectivity index (χ4v) is 1.35. The molecule has 0 aliphatic rings. The summed E-state index contributed by atoms with van der Waals surface area (Å²) in [4.78, 5) is 15.8. The SMILES string of the molecule is CNC(C(=O)C(C)C)c1cccnc1. The van der Waals surface area contributed by atoms with Crippen LogP contribution in [0.2, 0.25) is 0 Å². The number of rotatable bonds is 4. The molecule has 76 valence electrons. The monoisotopic (exact) mass is 192 g/mol. The van der Waals surface area contributed by atoms with E-state index in [1.807, 2.05) is 26.0 Å². The first-order valence-corrected chi connectivity index (χ1v) is 4.77. The highest BCUT2D eigenvalue weighted by Crippen LogP contribution is 2.15. The van der Waals surface area contributed by atoms with Crippen LogP contribution in [0.1, 0.15) is 25.5 Å². The van der Waals surface area contributed by atoms with Crippen molar-refractivity contribution >= 4 is 5.78 Å². The van der Waals surface area contributed by atoms with Gasteiger partial charge in [-0.3, -0.25) is 9.78 Å². The molecule has 3 nitrogen and oxygen atoms in total. The lowest BCUT2D eigenvalue weighted by Crippen LogP contribution is -2.28. The lowest BCUT2D eigenvalue weighted by Gasteiger charge is -2.16. The van der Waals surface area contributed by atoms with Crippen molar-refractivity contribution in [1.82, 2.24) is 10.3 Å². The van der Waals surface area contributed by atoms with Gasteiger partial charge >= 0.3 is 0 Å². The highest BCUT2D eigenvalue weighted by Gasteiger charge is 2.20. The van der Waals surface area contributed by atoms with Crippen molar-refractivity contribution in [2.75, 3.05) is 7.05 Å². The Morgan fingerprint density at radius 1 is 1.50 bits per heavy atom. The third-order valence-electron chi connectivity index (χ3n) is 2.16. The number of carbonyl (C=O) groups excluding carboxylic acids is 1. The lowest BCUT2D eigenvalue weighted by molar-refractivity contribution is -0.124. The molecule has 0 aromatic carbocycles. The fraction of sp³-hybridized carbons (Fsp3) is 0.455. The maximum atomic E-state index is 11.8. The van der Waals surface area contributed by atoms with E-state index in [0.717, 1.165) is 5.56 Å². The molecule has 0 saturated carbocycles. The van der Waals surface area contributed by atoms with Gasteiger partial charge in [0.2, 0.25) is 0 Å². The van der Waals surface area contributed by atoms with Gasteiger partial charge in [0.1, 0.15) is 0 Å². The van der Waals surface area contributed by atoms with Crippen molar-refractivity contribution < 1.29 is 4.79 Å². The molecule has 0 saturated heterocycles. The first kappa shape index (κ1) is 10.9. The Kier molecular flexibility index (Phi) is 3.77. The van der Waals surface area contributed by atoms with Crippen LogP contribution in [0.15, 0.2) is 24.5 Å². The Morgan fingerprint density at radius 2 is 2.21 bits per heavy atom. The number of likely N-dealkylation sites (N-methyl/N-ethyl adjacent to an activating group) is 1. The summed E-state index contributed by atoms with van der Waals surface area (Å²) in [6.45, 7) is 3.81. The largest absolute Gasteiger partial charge is 0.307 e. The third kappa shape index (κ3) is 2.39. The van der Waals surface area contributed by atoms with Gasteiger partial charge in [0.15, 0.2) is 5.78 Å². The summed E-state index contributed by atoms with van der Waals surface area (Å²) < 4.78 is 0. The minimum absolute atomic E-state index is 0.0349. The standard InChI is InChI=1S/C11H16N2O/c1-8(2)11(14)10(12-3)9-5-4-6-13-7-9/h4-8,10,12H,1-3H3. The molecule has 0 bridgehead atoms. The highest BCUT2D eigenvalue weighted by molar-refractivity contribution is 5.86. The van der Waals surface area contributed by atoms with Crippen LogP contribution in [0.4, 0.5) is 0 Å². The number of ketones is 1. The predicted molar refractivity (Wildman–Crippen MR) is 55.9 cm³/mol. The summed E-state index contributed by atoms with van der Waals surface area (Å²) >= 11 is 0. The first-order chi connectivity index (χ1) is 6.66. The Bertz CT molecular complexity index is 295. The van der Waals surface area contributed by atoms with Crippen LogP contribution in [0.3, 0.4) is 0 Å². The van der Waals surface area contributed by atoms with Gasteiger partial charge in [0.25, 0.3) is 0 Å². The molecule has 1 unspecified atom stereocenters. The zero-order chi connectivity index (χ0) is 10.6. The highest BCUT2D eigenvalue weighted by atomic mass is 16.1. The molecule has 1 heterocycles. The number of nitrogens with one attached hydrogen (secondary N) is 1. The van der Waals surface area contributed by atoms with E-state index in [-0.39, 0.29) is 17.7 Å². The smallest absolute Gasteiger partial charge is 0.156 e. The normalized spacial score (nSPS) is 12.9. The molecule has 1 aromatic heterocycles. The van der Waals surface area contributed by atoms with Crippen molar-refractivity contribution in [3.8, 4) is 0 Å². The van der Waals surface area contributed by atoms with E-state index in [9.17, 15) is 4.79 Å². The fourth-order valence-electron chi connectivity index (χ4n) is 1.35. The van der Waals surface area contributed by atoms with Crippen LogP contribution in [0.25, 0.3) is 0 Å². The lowest BCUT2D eigenvalue weighted by atomic mass is 9.97. The van der Waals surface area contributed by atoms with Crippen molar-refractivity contribution in [2.24, 2.45) is 5.92 Å². The Labute approximate surface area is 84.6 Å². The summed E-state index contributed by atoms with van der Waals surface area (Å²) in [5.41, 5.74) is 0.925. The second-order valence-corrected chi connectivity index (χ2v) is 3.57. The maximum absolute atomic E-state index is 11.8. The van der Waals surface area contributed by atoms with E-state index in [2.05, 4.69) is 10.3 Å². The summed E-state index contributed by atoms with van der Waals surface area (Å²) in [5, 5.41) is 3.01. The van der Waals surface area contributed by atoms with Crippen LogP contribution in [0.5, 0.6) is 0 Å². The molecule has 0 aliphatic heterocycles. The van der Waals surface area contributed by atoms with Gasteiger partial charge in [0, 0.05) is 18.3 Å². The molecule has 0 spiro atoms. The van der Waals surface area contributed by atoms with E-state index in [1.54, 1.807) is 19.4 Å². The zero-order valence-electron chi connectivity index (χ0n) is 8.82. The molecule has 14 heavy (non-hydrogen) atoms. The molecule has 1 atom stereocenters. The number of Topliss-reactive ketones (excluding diaryl/α,β-unsaturated/α-hetero) is 1. The summed E-state index contributed by atoms with van der Waals surface area (Å²) in [6, 6.07) is 3.52. The van der Waals surface area contributed by atoms with Crippen LogP contribution in [-0.4, -0.2) is 17.8 Å². The van der Waals surface area contributed by atoms with Crippen molar-refractivity contribution in [3.05, 3.63) is 30.1 Å². The molecule has 0 amide bonds. The van der Waals surface area contributed by atoms with Crippen molar-refractivity contribution in [2.45, 2.75) is 19.9 Å². The molecule has 0 fully saturated rings. The molecule has 1 aromatic rings. The Hall–Kier alpha value is -1.22. The third-order valence-corrected chi connectivity index (χ3v) is 2.16. The quantitative estimate of drug-likeness (QED) is 0.787. The topological polar surface area (TPSA) is 42.0 Å². The van der Waals surface area contributed by atoms with Crippen LogP contribution in [0, 0.1) is 5.92 Å². The van der Waals surface area contributed by atoms with Crippen LogP contribution >= 0.6 is 0 Å². The van der Waals surface area contributed by atoms with Gasteiger partial charge in [-0.25, -0.2) is 0 Å². The van der Waals surface area contributed by atoms with Crippen LogP contribution < -0.4 is 5.32 Å². The predicted octanol–water partition coefficient (Wildman–Crippen LogP) is 1.57. The van der Waals surface area contributed by atoms with Crippen LogP contribution in [-0.2, 0) is 4.79 Å². The summed E-state index contributed by atoms with van der Waals surface area (Å²) in [6.07, 6.45) is 3.43. The van der Waals surface area contributed by atoms with Crippen molar-refractivity contribution in [1.29, 1.82) is 0 Å². The molecule has 0 aliphatic carbocycles. The van der Waals surface area contributed by atoms with E-state index < -0.39 is 0 Å². The molecular formula is C11H16N2O. The van der Waals surface area contributed by atoms with Gasteiger partial charge in [-0.1, -0.05) is 19.9 Å². The van der Waals surface area contributed by atoms with Gasteiger partial charge in [-0.15, -0.1) is 0 Å². The van der Waals surface area contributed by atoms with Gasteiger partial charge < -0.3 is 5.32 Å². The minimum atomic E-state index is -0.233. The summed E-state index contributed by atoms with van der Waals surface area (Å²) in [7, 11) is 1.79. The first-order valence-electron chi connectivity index (χ1n) is 4.77. The van der Waals surface area contributed by atoms with Gasteiger partial charge in [0.05, 0.1) is 6.04 Å². The van der Waals surface area contributed by atoms with Gasteiger partial charge in [-0.2, -0.15) is 0 Å². The minimum Gasteiger partial charge on any atom is -0.307 e. The van der Waals surface area contributed by atoms with E-state index in [0.29, 0.717) is 0 Å². The number of hydrogen-bond acceptors (Lipinski definition) is 3. The van der Waals surface area contributed by atoms with E-state index in [4.69, 9.17) is 0 Å². The molecule has 1 rings (SSSR count). The molecule has 0 radical (unpaired) electrons. The number of hydrogen-bond donors (Lipinski definition) is 1. The van der Waals surface area contributed by atoms with Crippen molar-refractivity contribution in [3.63, 3.8) is 0 Å². The van der Waals surface area contributed by atoms with Gasteiger partial charge in [-0.05, 0) is 18.7 Å². The Balaban J connectivity index is 2.88. The molecule has 3 heteroatoms. The number of pyridine rings is 1.